The number of nitrogens with zero attached hydrogens (tertiary/aromatic N) is 1. The van der Waals surface area contributed by atoms with Gasteiger partial charge in [-0.05, 0) is 23.4 Å². The molecule has 2 rings (SSSR count). The van der Waals surface area contributed by atoms with E-state index in [1.807, 2.05) is 35.8 Å². The Morgan fingerprint density at radius 3 is 2.61 bits per heavy atom. The van der Waals surface area contributed by atoms with Crippen molar-refractivity contribution in [1.29, 1.82) is 0 Å². The zero-order chi connectivity index (χ0) is 12.6. The Morgan fingerprint density at radius 2 is 1.83 bits per heavy atom. The van der Waals surface area contributed by atoms with Crippen molar-refractivity contribution in [2.24, 2.45) is 0 Å². The van der Waals surface area contributed by atoms with Gasteiger partial charge in [-0.25, -0.2) is 0 Å². The fourth-order valence-corrected chi connectivity index (χ4v) is 3.30. The number of thioether (sulfide) groups is 2. The molecule has 0 bridgehead atoms. The lowest BCUT2D eigenvalue weighted by Gasteiger charge is -2.07. The Kier molecular flexibility index (Phi) is 5.62. The molecule has 94 valence electrons. The maximum absolute atomic E-state index is 4.49. The zero-order valence-corrected chi connectivity index (χ0v) is 12.1. The van der Waals surface area contributed by atoms with Crippen molar-refractivity contribution in [3.05, 3.63) is 59.9 Å². The summed E-state index contributed by atoms with van der Waals surface area (Å²) < 4.78 is 0. The molecule has 0 saturated carbocycles. The number of aromatic nitrogens is 1. The van der Waals surface area contributed by atoms with Crippen molar-refractivity contribution in [1.82, 2.24) is 4.98 Å². The molecular weight excluding hydrogens is 258 g/mol. The predicted molar refractivity (Wildman–Crippen MR) is 82.1 cm³/mol. The highest BCUT2D eigenvalue weighted by Crippen LogP contribution is 2.27. The summed E-state index contributed by atoms with van der Waals surface area (Å²) in [5, 5.41) is 0. The summed E-state index contributed by atoms with van der Waals surface area (Å²) >= 11 is 3.80. The molecule has 1 nitrogen and oxygen atoms in total. The molecule has 0 radical (unpaired) electrons. The summed E-state index contributed by atoms with van der Waals surface area (Å²) in [4.78, 5) is 5.79. The van der Waals surface area contributed by atoms with Crippen molar-refractivity contribution in [3.8, 4) is 0 Å². The van der Waals surface area contributed by atoms with E-state index in [4.69, 9.17) is 0 Å². The number of hydrogen-bond donors (Lipinski definition) is 0. The highest BCUT2D eigenvalue weighted by molar-refractivity contribution is 7.99. The van der Waals surface area contributed by atoms with E-state index in [9.17, 15) is 0 Å². The highest BCUT2D eigenvalue weighted by atomic mass is 32.2. The van der Waals surface area contributed by atoms with Gasteiger partial charge in [0, 0.05) is 22.6 Å². The number of rotatable bonds is 6. The van der Waals surface area contributed by atoms with Crippen molar-refractivity contribution in [2.45, 2.75) is 23.3 Å². The van der Waals surface area contributed by atoms with Gasteiger partial charge in [0.15, 0.2) is 0 Å². The van der Waals surface area contributed by atoms with E-state index >= 15 is 0 Å². The van der Waals surface area contributed by atoms with Gasteiger partial charge in [0.25, 0.3) is 0 Å². The molecule has 1 heterocycles. The molecule has 0 amide bonds. The smallest absolute Gasteiger partial charge is 0.0638 e. The molecule has 0 saturated heterocycles. The molecule has 0 aliphatic carbocycles. The summed E-state index contributed by atoms with van der Waals surface area (Å²) in [5.41, 5.74) is 2.57. The van der Waals surface area contributed by atoms with Gasteiger partial charge in [-0.2, -0.15) is 11.8 Å². The minimum absolute atomic E-state index is 1.01. The van der Waals surface area contributed by atoms with Crippen LogP contribution >= 0.6 is 23.5 Å². The van der Waals surface area contributed by atoms with Crippen molar-refractivity contribution in [3.63, 3.8) is 0 Å². The number of hydrogen-bond acceptors (Lipinski definition) is 3. The summed E-state index contributed by atoms with van der Waals surface area (Å²) in [6.45, 7) is 2.18. The molecule has 0 atom stereocenters. The first-order chi connectivity index (χ1) is 8.90. The third kappa shape index (κ3) is 4.07. The molecule has 0 unspecified atom stereocenters. The Bertz CT molecular complexity index is 471. The Labute approximate surface area is 117 Å². The van der Waals surface area contributed by atoms with Gasteiger partial charge in [-0.15, -0.1) is 11.8 Å². The van der Waals surface area contributed by atoms with Gasteiger partial charge in [-0.3, -0.25) is 4.98 Å². The molecule has 0 N–H and O–H groups in total. The largest absolute Gasteiger partial charge is 0.259 e. The first-order valence-corrected chi connectivity index (χ1v) is 8.22. The lowest BCUT2D eigenvalue weighted by Crippen LogP contribution is -1.91. The predicted octanol–water partition coefficient (Wildman–Crippen LogP) is 4.63. The lowest BCUT2D eigenvalue weighted by atomic mass is 10.2. The molecule has 3 heteroatoms. The Balaban J connectivity index is 2.00. The van der Waals surface area contributed by atoms with E-state index in [0.29, 0.717) is 0 Å². The third-order valence-corrected chi connectivity index (χ3v) is 4.57. The molecular formula is C15H17NS2. The van der Waals surface area contributed by atoms with Crippen LogP contribution in [-0.2, 0) is 11.5 Å². The normalized spacial score (nSPS) is 10.5. The second-order valence-electron chi connectivity index (χ2n) is 3.86. The fourth-order valence-electron chi connectivity index (χ4n) is 1.60. The van der Waals surface area contributed by atoms with Crippen molar-refractivity contribution in [2.75, 3.05) is 5.75 Å². The van der Waals surface area contributed by atoms with Crippen LogP contribution in [0.25, 0.3) is 0 Å². The van der Waals surface area contributed by atoms with E-state index in [1.165, 1.54) is 16.2 Å². The first-order valence-electron chi connectivity index (χ1n) is 6.08. The molecule has 1 aromatic carbocycles. The minimum atomic E-state index is 1.01. The first kappa shape index (κ1) is 13.5. The minimum Gasteiger partial charge on any atom is -0.259 e. The van der Waals surface area contributed by atoms with Crippen LogP contribution in [-0.4, -0.2) is 10.7 Å². The van der Waals surface area contributed by atoms with Gasteiger partial charge in [-0.1, -0.05) is 37.3 Å². The van der Waals surface area contributed by atoms with Crippen LogP contribution in [0.15, 0.2) is 53.6 Å². The number of benzene rings is 1. The molecule has 18 heavy (non-hydrogen) atoms. The van der Waals surface area contributed by atoms with E-state index < -0.39 is 0 Å². The standard InChI is InChI=1S/C15H17NS2/c1-2-17-12-14-15(9-6-10-16-14)18-11-13-7-4-3-5-8-13/h3-10H,2,11-12H2,1H3. The van der Waals surface area contributed by atoms with Gasteiger partial charge in [0.2, 0.25) is 0 Å². The molecule has 0 aliphatic rings. The zero-order valence-electron chi connectivity index (χ0n) is 10.5. The van der Waals surface area contributed by atoms with Gasteiger partial charge in [0.1, 0.15) is 0 Å². The van der Waals surface area contributed by atoms with Gasteiger partial charge in [0.05, 0.1) is 5.69 Å². The highest BCUT2D eigenvalue weighted by Gasteiger charge is 2.04. The van der Waals surface area contributed by atoms with E-state index in [2.05, 4.69) is 48.3 Å². The molecule has 2 aromatic rings. The summed E-state index contributed by atoms with van der Waals surface area (Å²) in [6.07, 6.45) is 1.89. The monoisotopic (exact) mass is 275 g/mol. The third-order valence-electron chi connectivity index (χ3n) is 2.53. The van der Waals surface area contributed by atoms with Crippen LogP contribution in [0.3, 0.4) is 0 Å². The average Bonchev–Trinajstić information content (AvgIpc) is 2.45. The average molecular weight is 275 g/mol. The lowest BCUT2D eigenvalue weighted by molar-refractivity contribution is 1.09. The maximum atomic E-state index is 4.49. The quantitative estimate of drug-likeness (QED) is 0.714. The van der Waals surface area contributed by atoms with Crippen LogP contribution in [0.1, 0.15) is 18.2 Å². The molecule has 0 aliphatic heterocycles. The molecule has 0 spiro atoms. The van der Waals surface area contributed by atoms with Gasteiger partial charge >= 0.3 is 0 Å². The fraction of sp³-hybridized carbons (Fsp3) is 0.267. The molecule has 1 aromatic heterocycles. The van der Waals surface area contributed by atoms with Gasteiger partial charge < -0.3 is 0 Å². The van der Waals surface area contributed by atoms with Crippen LogP contribution in [0, 0.1) is 0 Å². The van der Waals surface area contributed by atoms with E-state index in [0.717, 1.165) is 17.3 Å². The number of pyridine rings is 1. The Morgan fingerprint density at radius 1 is 1.00 bits per heavy atom. The topological polar surface area (TPSA) is 12.9 Å². The summed E-state index contributed by atoms with van der Waals surface area (Å²) in [7, 11) is 0. The Hall–Kier alpha value is -0.930. The summed E-state index contributed by atoms with van der Waals surface area (Å²) in [5.74, 6) is 3.16. The van der Waals surface area contributed by atoms with Crippen LogP contribution in [0.2, 0.25) is 0 Å². The second-order valence-corrected chi connectivity index (χ2v) is 6.15. The van der Waals surface area contributed by atoms with E-state index in [1.54, 1.807) is 0 Å². The van der Waals surface area contributed by atoms with Crippen LogP contribution in [0.4, 0.5) is 0 Å². The van der Waals surface area contributed by atoms with Crippen molar-refractivity contribution >= 4 is 23.5 Å². The van der Waals surface area contributed by atoms with Crippen molar-refractivity contribution < 1.29 is 0 Å². The summed E-state index contributed by atoms with van der Waals surface area (Å²) in [6, 6.07) is 14.8. The van der Waals surface area contributed by atoms with Crippen LogP contribution < -0.4 is 0 Å². The SMILES string of the molecule is CCSCc1ncccc1SCc1ccccc1. The maximum Gasteiger partial charge on any atom is 0.0638 e. The van der Waals surface area contributed by atoms with E-state index in [-0.39, 0.29) is 0 Å². The second kappa shape index (κ2) is 7.49. The molecule has 0 fully saturated rings. The van der Waals surface area contributed by atoms with Crippen LogP contribution in [0.5, 0.6) is 0 Å².